The Hall–Kier alpha value is -1.17. The summed E-state index contributed by atoms with van der Waals surface area (Å²) < 4.78 is 17.3. The summed E-state index contributed by atoms with van der Waals surface area (Å²) in [4.78, 5) is 2.31. The van der Waals surface area contributed by atoms with Crippen molar-refractivity contribution in [3.05, 3.63) is 41.0 Å². The molecule has 0 amide bonds. The van der Waals surface area contributed by atoms with Crippen LogP contribution in [0.5, 0.6) is 0 Å². The minimum Gasteiger partial charge on any atom is -0.356 e. The summed E-state index contributed by atoms with van der Waals surface area (Å²) in [5, 5.41) is 4.64. The minimum absolute atomic E-state index is 0.171. The molecule has 1 aliphatic heterocycles. The Morgan fingerprint density at radius 1 is 1.36 bits per heavy atom. The molecule has 1 aromatic heterocycles. The third kappa shape index (κ3) is 3.26. The van der Waals surface area contributed by atoms with Crippen molar-refractivity contribution in [2.24, 2.45) is 0 Å². The van der Waals surface area contributed by atoms with Gasteiger partial charge in [0.1, 0.15) is 0 Å². The molecule has 2 heterocycles. The molecule has 0 bridgehead atoms. The average Bonchev–Trinajstić information content (AvgIpc) is 2.92. The van der Waals surface area contributed by atoms with E-state index in [2.05, 4.69) is 23.9 Å². The van der Waals surface area contributed by atoms with E-state index in [1.165, 1.54) is 0 Å². The van der Waals surface area contributed by atoms with Gasteiger partial charge in [-0.2, -0.15) is 0 Å². The standard InChI is InChI=1S/C16H19ClN2O2S/c1-16(2)11-19(7-8-22(16)20)10-13-9-18-21-15(13)12-3-5-14(17)6-4-12/h3-6,9H,7-8,10-11H2,1-2H3/t22-/m1/s1. The first-order chi connectivity index (χ1) is 10.5. The van der Waals surface area contributed by atoms with Gasteiger partial charge in [-0.3, -0.25) is 9.11 Å². The molecule has 0 unspecified atom stereocenters. The summed E-state index contributed by atoms with van der Waals surface area (Å²) >= 11 is 5.93. The third-order valence-electron chi connectivity index (χ3n) is 3.96. The maximum atomic E-state index is 12.0. The van der Waals surface area contributed by atoms with Crippen LogP contribution in [0.1, 0.15) is 19.4 Å². The molecule has 1 aromatic carbocycles. The fourth-order valence-corrected chi connectivity index (χ4v) is 4.19. The predicted molar refractivity (Wildman–Crippen MR) is 89.3 cm³/mol. The molecule has 2 aromatic rings. The second-order valence-electron chi connectivity index (χ2n) is 6.21. The molecule has 0 saturated carbocycles. The summed E-state index contributed by atoms with van der Waals surface area (Å²) in [6.07, 6.45) is 1.77. The van der Waals surface area contributed by atoms with Crippen LogP contribution in [0.25, 0.3) is 11.3 Å². The highest BCUT2D eigenvalue weighted by Crippen LogP contribution is 2.28. The van der Waals surface area contributed by atoms with Gasteiger partial charge in [0.15, 0.2) is 5.76 Å². The Morgan fingerprint density at radius 3 is 2.77 bits per heavy atom. The summed E-state index contributed by atoms with van der Waals surface area (Å²) in [5.74, 6) is 1.50. The zero-order valence-electron chi connectivity index (χ0n) is 12.7. The van der Waals surface area contributed by atoms with Gasteiger partial charge in [-0.25, -0.2) is 0 Å². The number of hydrogen-bond donors (Lipinski definition) is 0. The first kappa shape index (κ1) is 15.7. The van der Waals surface area contributed by atoms with Crippen molar-refractivity contribution in [1.29, 1.82) is 0 Å². The first-order valence-electron chi connectivity index (χ1n) is 7.26. The highest BCUT2D eigenvalue weighted by molar-refractivity contribution is 7.86. The molecule has 1 saturated heterocycles. The molecule has 118 valence electrons. The van der Waals surface area contributed by atoms with Crippen LogP contribution < -0.4 is 0 Å². The molecule has 6 heteroatoms. The number of nitrogens with zero attached hydrogens (tertiary/aromatic N) is 2. The summed E-state index contributed by atoms with van der Waals surface area (Å²) in [6, 6.07) is 7.55. The topological polar surface area (TPSA) is 46.3 Å². The van der Waals surface area contributed by atoms with Gasteiger partial charge in [-0.05, 0) is 38.1 Å². The lowest BCUT2D eigenvalue weighted by Gasteiger charge is -2.37. The Bertz CT molecular complexity index is 682. The van der Waals surface area contributed by atoms with Crippen molar-refractivity contribution < 1.29 is 8.73 Å². The van der Waals surface area contributed by atoms with Gasteiger partial charge < -0.3 is 4.52 Å². The van der Waals surface area contributed by atoms with E-state index in [1.807, 2.05) is 24.3 Å². The van der Waals surface area contributed by atoms with Crippen molar-refractivity contribution in [1.82, 2.24) is 10.1 Å². The van der Waals surface area contributed by atoms with Gasteiger partial charge in [0, 0.05) is 52.3 Å². The number of benzene rings is 1. The summed E-state index contributed by atoms with van der Waals surface area (Å²) in [5.41, 5.74) is 2.02. The van der Waals surface area contributed by atoms with Crippen molar-refractivity contribution in [2.45, 2.75) is 25.1 Å². The van der Waals surface area contributed by atoms with Crippen LogP contribution in [0.4, 0.5) is 0 Å². The molecule has 0 N–H and O–H groups in total. The molecule has 0 spiro atoms. The van der Waals surface area contributed by atoms with Crippen LogP contribution in [0.2, 0.25) is 5.02 Å². The van der Waals surface area contributed by atoms with Crippen molar-refractivity contribution in [3.63, 3.8) is 0 Å². The van der Waals surface area contributed by atoms with Gasteiger partial charge in [0.05, 0.1) is 10.9 Å². The maximum Gasteiger partial charge on any atom is 0.171 e. The van der Waals surface area contributed by atoms with E-state index in [4.69, 9.17) is 16.1 Å². The van der Waals surface area contributed by atoms with Crippen LogP contribution in [0.3, 0.4) is 0 Å². The minimum atomic E-state index is -0.759. The molecule has 1 fully saturated rings. The Balaban J connectivity index is 1.78. The summed E-state index contributed by atoms with van der Waals surface area (Å²) in [6.45, 7) is 6.51. The lowest BCUT2D eigenvalue weighted by molar-refractivity contribution is 0.247. The number of aromatic nitrogens is 1. The van der Waals surface area contributed by atoms with Crippen molar-refractivity contribution in [3.8, 4) is 11.3 Å². The zero-order chi connectivity index (χ0) is 15.7. The van der Waals surface area contributed by atoms with Gasteiger partial charge in [0.25, 0.3) is 0 Å². The molecule has 3 rings (SSSR count). The van der Waals surface area contributed by atoms with E-state index in [9.17, 15) is 4.21 Å². The number of hydrogen-bond acceptors (Lipinski definition) is 4. The smallest absolute Gasteiger partial charge is 0.171 e. The number of rotatable bonds is 3. The fraction of sp³-hybridized carbons (Fsp3) is 0.438. The molecular weight excluding hydrogens is 320 g/mol. The van der Waals surface area contributed by atoms with E-state index in [0.29, 0.717) is 10.8 Å². The predicted octanol–water partition coefficient (Wildman–Crippen LogP) is 3.34. The van der Waals surface area contributed by atoms with Crippen LogP contribution in [0.15, 0.2) is 35.0 Å². The fourth-order valence-electron chi connectivity index (χ4n) is 2.77. The van der Waals surface area contributed by atoms with Crippen LogP contribution >= 0.6 is 11.6 Å². The second kappa shape index (κ2) is 6.14. The van der Waals surface area contributed by atoms with Crippen molar-refractivity contribution in [2.75, 3.05) is 18.8 Å². The van der Waals surface area contributed by atoms with Gasteiger partial charge in [-0.1, -0.05) is 16.8 Å². The molecular formula is C16H19ClN2O2S. The normalized spacial score (nSPS) is 21.9. The Kier molecular flexibility index (Phi) is 4.39. The lowest BCUT2D eigenvalue weighted by atomic mass is 10.1. The van der Waals surface area contributed by atoms with Crippen molar-refractivity contribution >= 4 is 22.4 Å². The Morgan fingerprint density at radius 2 is 2.09 bits per heavy atom. The largest absolute Gasteiger partial charge is 0.356 e. The van der Waals surface area contributed by atoms with E-state index in [1.54, 1.807) is 6.20 Å². The molecule has 22 heavy (non-hydrogen) atoms. The van der Waals surface area contributed by atoms with Crippen LogP contribution in [0, 0.1) is 0 Å². The number of halogens is 1. The van der Waals surface area contributed by atoms with Gasteiger partial charge in [-0.15, -0.1) is 0 Å². The monoisotopic (exact) mass is 338 g/mol. The highest BCUT2D eigenvalue weighted by atomic mass is 35.5. The molecule has 4 nitrogen and oxygen atoms in total. The molecule has 0 radical (unpaired) electrons. The van der Waals surface area contributed by atoms with Gasteiger partial charge in [0.2, 0.25) is 0 Å². The van der Waals surface area contributed by atoms with E-state index < -0.39 is 10.8 Å². The average molecular weight is 339 g/mol. The van der Waals surface area contributed by atoms with E-state index >= 15 is 0 Å². The SMILES string of the molecule is CC1(C)CN(Cc2cnoc2-c2ccc(Cl)cc2)CC[S@]1=O. The van der Waals surface area contributed by atoms with Crippen LogP contribution in [-0.2, 0) is 17.3 Å². The van der Waals surface area contributed by atoms with E-state index in [-0.39, 0.29) is 4.75 Å². The molecule has 1 aliphatic rings. The lowest BCUT2D eigenvalue weighted by Crippen LogP contribution is -2.49. The zero-order valence-corrected chi connectivity index (χ0v) is 14.3. The third-order valence-corrected chi connectivity index (χ3v) is 6.13. The highest BCUT2D eigenvalue weighted by Gasteiger charge is 2.33. The van der Waals surface area contributed by atoms with Crippen LogP contribution in [-0.4, -0.2) is 37.9 Å². The molecule has 0 aliphatic carbocycles. The maximum absolute atomic E-state index is 12.0. The second-order valence-corrected chi connectivity index (χ2v) is 8.85. The first-order valence-corrected chi connectivity index (χ1v) is 8.96. The van der Waals surface area contributed by atoms with Gasteiger partial charge >= 0.3 is 0 Å². The Labute approximate surface area is 137 Å². The molecule has 1 atom stereocenters. The summed E-state index contributed by atoms with van der Waals surface area (Å²) in [7, 11) is -0.759. The van der Waals surface area contributed by atoms with E-state index in [0.717, 1.165) is 36.5 Å². The quantitative estimate of drug-likeness (QED) is 0.861.